The summed E-state index contributed by atoms with van der Waals surface area (Å²) >= 11 is 0. The van der Waals surface area contributed by atoms with Gasteiger partial charge in [-0.3, -0.25) is 0 Å². The standard InChI is InChI=1S/C48H30BNO/c1-2-10-31(11-3-1)32-18-22-35(23-19-32)49-43-15-7-4-12-37(43)41-28-33(20-26-44(41)49)34-21-27-46-42(29-34)38-13-5-8-16-45(38)50(46)36-24-25-40-39-14-6-9-17-47(39)51-48(40)30-36/h1-30H/i4D,5D,7D,8D,12D,13D,15D,16D,20D,21D,26D,27D,28D,29D. The Balaban J connectivity index is 1.22. The molecule has 0 fully saturated rings. The first kappa shape index (κ1) is 17.9. The normalized spacial score (nSPS) is 16.1. The minimum absolute atomic E-state index is 0.0418. The molecule has 0 radical (unpaired) electrons. The topological polar surface area (TPSA) is 18.1 Å². The molecule has 8 aromatic carbocycles. The lowest BCUT2D eigenvalue weighted by atomic mass is 9.39. The zero-order valence-electron chi connectivity index (χ0n) is 40.7. The lowest BCUT2D eigenvalue weighted by Gasteiger charge is -2.13. The summed E-state index contributed by atoms with van der Waals surface area (Å²) in [5.41, 5.74) is 2.88. The molecule has 0 amide bonds. The SMILES string of the molecule is [2H]c1c([2H])c([2H])c2c(c1[2H])B(c1ccc(-c3ccccc3)cc1)c1c([2H])c([2H])c(-c3c([2H])c([2H])c4c(c3[2H])c3c([2H])c([2H])c([2H])c([2H])c3n4-c3ccc4c(c3)oc3ccccc34)c([2H])c1-2. The van der Waals surface area contributed by atoms with Gasteiger partial charge in [-0.1, -0.05) is 150 Å². The Kier molecular flexibility index (Phi) is 3.85. The van der Waals surface area contributed by atoms with Crippen LogP contribution >= 0.6 is 0 Å². The third-order valence-electron chi connectivity index (χ3n) is 9.76. The van der Waals surface area contributed by atoms with Crippen LogP contribution in [0.15, 0.2) is 186 Å². The molecule has 2 nitrogen and oxygen atoms in total. The Morgan fingerprint density at radius 3 is 2.10 bits per heavy atom. The van der Waals surface area contributed by atoms with E-state index in [1.54, 1.807) is 30.3 Å². The highest BCUT2D eigenvalue weighted by Crippen LogP contribution is 2.38. The van der Waals surface area contributed by atoms with Crippen LogP contribution in [0.3, 0.4) is 0 Å². The van der Waals surface area contributed by atoms with E-state index in [9.17, 15) is 8.22 Å². The van der Waals surface area contributed by atoms with Gasteiger partial charge in [-0.25, -0.2) is 0 Å². The van der Waals surface area contributed by atoms with E-state index in [4.69, 9.17) is 15.4 Å². The summed E-state index contributed by atoms with van der Waals surface area (Å²) in [4.78, 5) is 0. The molecule has 1 aliphatic heterocycles. The molecule has 0 unspecified atom stereocenters. The van der Waals surface area contributed by atoms with Gasteiger partial charge in [0.05, 0.1) is 30.2 Å². The summed E-state index contributed by atoms with van der Waals surface area (Å²) in [7, 11) is 0. The zero-order valence-corrected chi connectivity index (χ0v) is 26.7. The second-order valence-corrected chi connectivity index (χ2v) is 12.6. The van der Waals surface area contributed by atoms with Gasteiger partial charge in [0.15, 0.2) is 0 Å². The Bertz CT molecular complexity index is 3770. The van der Waals surface area contributed by atoms with Gasteiger partial charge in [0, 0.05) is 33.3 Å². The van der Waals surface area contributed by atoms with Crippen molar-refractivity contribution in [1.82, 2.24) is 4.57 Å². The second-order valence-electron chi connectivity index (χ2n) is 12.6. The van der Waals surface area contributed by atoms with Crippen molar-refractivity contribution in [3.05, 3.63) is 182 Å². The summed E-state index contributed by atoms with van der Waals surface area (Å²) in [5, 5.41) is 1.35. The van der Waals surface area contributed by atoms with Gasteiger partial charge >= 0.3 is 0 Å². The third-order valence-corrected chi connectivity index (χ3v) is 9.76. The minimum atomic E-state index is -1.00. The van der Waals surface area contributed by atoms with Crippen molar-refractivity contribution in [2.24, 2.45) is 0 Å². The van der Waals surface area contributed by atoms with E-state index >= 15 is 0 Å². The fourth-order valence-electron chi connectivity index (χ4n) is 7.42. The van der Waals surface area contributed by atoms with Crippen LogP contribution in [0, 0.1) is 0 Å². The maximum absolute atomic E-state index is 9.84. The van der Waals surface area contributed by atoms with Crippen molar-refractivity contribution in [3.63, 3.8) is 0 Å². The molecule has 1 aliphatic rings. The van der Waals surface area contributed by atoms with Crippen LogP contribution in [-0.2, 0) is 0 Å². The van der Waals surface area contributed by atoms with E-state index < -0.39 is 96.4 Å². The first-order chi connectivity index (χ1) is 31.1. The molecule has 51 heavy (non-hydrogen) atoms. The zero-order chi connectivity index (χ0) is 45.7. The van der Waals surface area contributed by atoms with E-state index in [0.717, 1.165) is 21.9 Å². The predicted molar refractivity (Wildman–Crippen MR) is 215 cm³/mol. The summed E-state index contributed by atoms with van der Waals surface area (Å²) in [5.74, 6) is 0. The molecular formula is C48H30BNO. The van der Waals surface area contributed by atoms with Crippen molar-refractivity contribution in [3.8, 4) is 39.1 Å². The molecular weight excluding hydrogens is 617 g/mol. The number of fused-ring (bicyclic) bond motifs is 9. The highest BCUT2D eigenvalue weighted by molar-refractivity contribution is 6.99. The van der Waals surface area contributed by atoms with Crippen molar-refractivity contribution in [1.29, 1.82) is 0 Å². The fraction of sp³-hybridized carbons (Fsp3) is 0. The Labute approximate surface area is 315 Å². The largest absolute Gasteiger partial charge is 0.456 e. The van der Waals surface area contributed by atoms with Crippen LogP contribution in [0.2, 0.25) is 0 Å². The number of aromatic nitrogens is 1. The lowest BCUT2D eigenvalue weighted by molar-refractivity contribution is 0.668. The molecule has 0 saturated carbocycles. The van der Waals surface area contributed by atoms with Gasteiger partial charge in [-0.2, -0.15) is 0 Å². The number of benzene rings is 8. The Morgan fingerprint density at radius 1 is 0.471 bits per heavy atom. The number of nitrogens with zero attached hydrogens (tertiary/aromatic N) is 1. The van der Waals surface area contributed by atoms with E-state index in [-0.39, 0.29) is 49.9 Å². The summed E-state index contributed by atoms with van der Waals surface area (Å²) in [6.07, 6.45) is 0. The molecule has 0 aliphatic carbocycles. The lowest BCUT2D eigenvalue weighted by Crippen LogP contribution is -2.48. The maximum atomic E-state index is 9.84. The van der Waals surface area contributed by atoms with Gasteiger partial charge in [-0.05, 0) is 75.7 Å². The highest BCUT2D eigenvalue weighted by atomic mass is 16.3. The first-order valence-electron chi connectivity index (χ1n) is 23.5. The summed E-state index contributed by atoms with van der Waals surface area (Å²) < 4.78 is 137. The molecule has 2 aromatic heterocycles. The van der Waals surface area contributed by atoms with Crippen LogP contribution in [0.25, 0.3) is 82.8 Å². The number of hydrogen-bond acceptors (Lipinski definition) is 1. The van der Waals surface area contributed by atoms with Crippen LogP contribution < -0.4 is 16.4 Å². The van der Waals surface area contributed by atoms with Gasteiger partial charge in [0.1, 0.15) is 11.2 Å². The van der Waals surface area contributed by atoms with Gasteiger partial charge in [0.2, 0.25) is 6.71 Å². The molecule has 3 heteroatoms. The highest BCUT2D eigenvalue weighted by Gasteiger charge is 2.33. The van der Waals surface area contributed by atoms with Crippen LogP contribution in [0.4, 0.5) is 0 Å². The number of hydrogen-bond donors (Lipinski definition) is 0. The van der Waals surface area contributed by atoms with E-state index in [1.807, 2.05) is 66.7 Å². The van der Waals surface area contributed by atoms with Crippen LogP contribution in [0.5, 0.6) is 0 Å². The quantitative estimate of drug-likeness (QED) is 0.172. The number of furan rings is 1. The maximum Gasteiger partial charge on any atom is 0.242 e. The molecule has 10 aromatic rings. The van der Waals surface area contributed by atoms with Gasteiger partial charge in [-0.15, -0.1) is 0 Å². The molecule has 0 spiro atoms. The molecule has 0 N–H and O–H groups in total. The van der Waals surface area contributed by atoms with E-state index in [1.165, 1.54) is 4.57 Å². The van der Waals surface area contributed by atoms with E-state index in [0.29, 0.717) is 22.3 Å². The predicted octanol–water partition coefficient (Wildman–Crippen LogP) is 10.5. The monoisotopic (exact) mass is 661 g/mol. The van der Waals surface area contributed by atoms with Crippen LogP contribution in [0.1, 0.15) is 19.2 Å². The Hall–Kier alpha value is -6.58. The van der Waals surface area contributed by atoms with Gasteiger partial charge < -0.3 is 8.98 Å². The third kappa shape index (κ3) is 4.31. The molecule has 0 saturated heterocycles. The average molecular weight is 662 g/mol. The first-order valence-corrected chi connectivity index (χ1v) is 16.5. The second kappa shape index (κ2) is 11.0. The van der Waals surface area contributed by atoms with Crippen LogP contribution in [-0.4, -0.2) is 11.3 Å². The van der Waals surface area contributed by atoms with Crippen molar-refractivity contribution in [2.75, 3.05) is 0 Å². The van der Waals surface area contributed by atoms with Crippen molar-refractivity contribution < 1.29 is 23.6 Å². The van der Waals surface area contributed by atoms with Gasteiger partial charge in [0.25, 0.3) is 0 Å². The van der Waals surface area contributed by atoms with E-state index in [2.05, 4.69) is 0 Å². The molecule has 3 heterocycles. The fourth-order valence-corrected chi connectivity index (χ4v) is 7.42. The summed E-state index contributed by atoms with van der Waals surface area (Å²) in [6, 6.07) is 22.3. The molecule has 0 bridgehead atoms. The minimum Gasteiger partial charge on any atom is -0.456 e. The number of rotatable bonds is 4. The molecule has 11 rings (SSSR count). The van der Waals surface area contributed by atoms with Crippen molar-refractivity contribution >= 4 is 66.8 Å². The summed E-state index contributed by atoms with van der Waals surface area (Å²) in [6.45, 7) is -1.00. The Morgan fingerprint density at radius 2 is 1.18 bits per heavy atom. The average Bonchev–Trinajstić information content (AvgIpc) is 4.00. The molecule has 236 valence electrons. The number of para-hydroxylation sites is 2. The molecule has 0 atom stereocenters. The van der Waals surface area contributed by atoms with Crippen molar-refractivity contribution in [2.45, 2.75) is 0 Å². The smallest absolute Gasteiger partial charge is 0.242 e.